The highest BCUT2D eigenvalue weighted by Crippen LogP contribution is 2.28. The Balaban J connectivity index is 1.92. The van der Waals surface area contributed by atoms with E-state index < -0.39 is 25.2 Å². The molecule has 2 aromatic carbocycles. The molecule has 28 heavy (non-hydrogen) atoms. The van der Waals surface area contributed by atoms with E-state index in [2.05, 4.69) is 9.73 Å². The molecule has 0 atom stereocenters. The molecule has 0 radical (unpaired) electrons. The number of cyclic esters (lactones) is 1. The summed E-state index contributed by atoms with van der Waals surface area (Å²) in [5.41, 5.74) is 0.338. The van der Waals surface area contributed by atoms with Crippen LogP contribution in [-0.4, -0.2) is 31.1 Å². The molecule has 0 saturated heterocycles. The van der Waals surface area contributed by atoms with Crippen LogP contribution in [0.25, 0.3) is 6.08 Å². The normalized spacial score (nSPS) is 14.8. The predicted molar refractivity (Wildman–Crippen MR) is 90.6 cm³/mol. The lowest BCUT2D eigenvalue weighted by Gasteiger charge is -2.09. The van der Waals surface area contributed by atoms with Gasteiger partial charge in [0.25, 0.3) is 0 Å². The largest absolute Gasteiger partial charge is 0.546 e. The van der Waals surface area contributed by atoms with Crippen LogP contribution < -0.4 is 14.6 Å². The van der Waals surface area contributed by atoms with Crippen LogP contribution in [0.5, 0.6) is 11.5 Å². The fourth-order valence-corrected chi connectivity index (χ4v) is 2.38. The number of para-hydroxylation sites is 2. The average Bonchev–Trinajstić information content (AvgIpc) is 3.01. The fraction of sp³-hybridized carbons (Fsp3) is 0.105. The van der Waals surface area contributed by atoms with E-state index in [0.717, 1.165) is 0 Å². The van der Waals surface area contributed by atoms with Crippen molar-refractivity contribution < 1.29 is 37.7 Å². The zero-order chi connectivity index (χ0) is 20.1. The Morgan fingerprint density at radius 2 is 1.82 bits per heavy atom. The van der Waals surface area contributed by atoms with Gasteiger partial charge in [-0.2, -0.15) is 8.78 Å². The molecule has 0 saturated carbocycles. The zero-order valence-corrected chi connectivity index (χ0v) is 14.1. The first kappa shape index (κ1) is 19.0. The molecule has 0 fully saturated rings. The summed E-state index contributed by atoms with van der Waals surface area (Å²) < 4.78 is 39.7. The van der Waals surface area contributed by atoms with Gasteiger partial charge in [0, 0.05) is 5.56 Å². The van der Waals surface area contributed by atoms with Gasteiger partial charge in [0.15, 0.2) is 5.70 Å². The van der Waals surface area contributed by atoms with E-state index in [1.54, 1.807) is 24.3 Å². The quantitative estimate of drug-likeness (QED) is 0.530. The number of carboxylic acid groups (broad SMARTS) is 1. The molecule has 3 rings (SSSR count). The molecular formula is C19H12F2NO6-. The van der Waals surface area contributed by atoms with Crippen LogP contribution in [0.1, 0.15) is 11.1 Å². The lowest BCUT2D eigenvalue weighted by Crippen LogP contribution is -2.29. The second kappa shape index (κ2) is 8.30. The topological polar surface area (TPSA) is 97.2 Å². The Morgan fingerprint density at radius 1 is 1.14 bits per heavy atom. The Kier molecular flexibility index (Phi) is 5.64. The SMILES string of the molecule is O=C([O-])COc1ccccc1/C=C1\N=C(c2ccccc2OC(F)F)OC1=O. The summed E-state index contributed by atoms with van der Waals surface area (Å²) >= 11 is 0. The van der Waals surface area contributed by atoms with Crippen LogP contribution in [0, 0.1) is 0 Å². The van der Waals surface area contributed by atoms with Gasteiger partial charge in [-0.15, -0.1) is 0 Å². The third-order valence-electron chi connectivity index (χ3n) is 3.51. The standard InChI is InChI=1S/C19H13F2NO6/c20-19(21)27-15-8-4-2-6-12(15)17-22-13(18(25)28-17)9-11-5-1-3-7-14(11)26-10-16(23)24/h1-9,19H,10H2,(H,23,24)/p-1/b13-9-. The van der Waals surface area contributed by atoms with Gasteiger partial charge in [0.1, 0.15) is 18.1 Å². The highest BCUT2D eigenvalue weighted by Gasteiger charge is 2.27. The number of benzene rings is 2. The Hall–Kier alpha value is -3.75. The maximum Gasteiger partial charge on any atom is 0.387 e. The molecule has 7 nitrogen and oxygen atoms in total. The molecule has 0 amide bonds. The molecule has 9 heteroatoms. The number of esters is 1. The lowest BCUT2D eigenvalue weighted by atomic mass is 10.1. The first-order valence-corrected chi connectivity index (χ1v) is 7.92. The van der Waals surface area contributed by atoms with Crippen LogP contribution in [0.3, 0.4) is 0 Å². The first-order chi connectivity index (χ1) is 13.4. The maximum absolute atomic E-state index is 12.6. The molecular weight excluding hydrogens is 376 g/mol. The van der Waals surface area contributed by atoms with Gasteiger partial charge in [0.2, 0.25) is 5.90 Å². The molecule has 1 aliphatic heterocycles. The molecule has 0 aromatic heterocycles. The van der Waals surface area contributed by atoms with Gasteiger partial charge < -0.3 is 24.1 Å². The molecule has 0 N–H and O–H groups in total. The average molecular weight is 388 g/mol. The number of carbonyl (C=O) groups excluding carboxylic acids is 2. The molecule has 144 valence electrons. The maximum atomic E-state index is 12.6. The smallest absolute Gasteiger partial charge is 0.387 e. The number of hydrogen-bond acceptors (Lipinski definition) is 7. The molecule has 0 spiro atoms. The van der Waals surface area contributed by atoms with E-state index in [0.29, 0.717) is 5.56 Å². The summed E-state index contributed by atoms with van der Waals surface area (Å²) in [7, 11) is 0. The monoisotopic (exact) mass is 388 g/mol. The number of rotatable bonds is 7. The van der Waals surface area contributed by atoms with Crippen LogP contribution >= 0.6 is 0 Å². The summed E-state index contributed by atoms with van der Waals surface area (Å²) in [6, 6.07) is 12.1. The van der Waals surface area contributed by atoms with Crippen molar-refractivity contribution in [3.05, 3.63) is 65.4 Å². The Bertz CT molecular complexity index is 970. The number of aliphatic imine (C=N–C) groups is 1. The van der Waals surface area contributed by atoms with E-state index in [-0.39, 0.29) is 28.7 Å². The fourth-order valence-electron chi connectivity index (χ4n) is 2.38. The van der Waals surface area contributed by atoms with Crippen molar-refractivity contribution in [1.82, 2.24) is 0 Å². The number of aliphatic carboxylic acids is 1. The molecule has 0 unspecified atom stereocenters. The van der Waals surface area contributed by atoms with Crippen LogP contribution in [0.4, 0.5) is 8.78 Å². The second-order valence-electron chi connectivity index (χ2n) is 5.41. The van der Waals surface area contributed by atoms with Crippen molar-refractivity contribution in [3.8, 4) is 11.5 Å². The van der Waals surface area contributed by atoms with Crippen molar-refractivity contribution in [3.63, 3.8) is 0 Å². The van der Waals surface area contributed by atoms with E-state index in [1.165, 1.54) is 30.3 Å². The van der Waals surface area contributed by atoms with Crippen molar-refractivity contribution in [2.24, 2.45) is 4.99 Å². The Morgan fingerprint density at radius 3 is 2.54 bits per heavy atom. The van der Waals surface area contributed by atoms with E-state index >= 15 is 0 Å². The van der Waals surface area contributed by atoms with Gasteiger partial charge in [-0.3, -0.25) is 0 Å². The number of carboxylic acids is 1. The lowest BCUT2D eigenvalue weighted by molar-refractivity contribution is -0.307. The molecule has 1 aliphatic rings. The van der Waals surface area contributed by atoms with Crippen molar-refractivity contribution in [2.75, 3.05) is 6.61 Å². The van der Waals surface area contributed by atoms with E-state index in [1.807, 2.05) is 0 Å². The van der Waals surface area contributed by atoms with Crippen molar-refractivity contribution in [1.29, 1.82) is 0 Å². The Labute approximate surface area is 157 Å². The van der Waals surface area contributed by atoms with Gasteiger partial charge >= 0.3 is 12.6 Å². The number of hydrogen-bond donors (Lipinski definition) is 0. The highest BCUT2D eigenvalue weighted by molar-refractivity contribution is 6.13. The first-order valence-electron chi connectivity index (χ1n) is 7.92. The summed E-state index contributed by atoms with van der Waals surface area (Å²) in [6.07, 6.45) is 1.33. The predicted octanol–water partition coefficient (Wildman–Crippen LogP) is 1.76. The van der Waals surface area contributed by atoms with Crippen LogP contribution in [-0.2, 0) is 14.3 Å². The number of carbonyl (C=O) groups is 2. The highest BCUT2D eigenvalue weighted by atomic mass is 19.3. The van der Waals surface area contributed by atoms with Crippen molar-refractivity contribution in [2.45, 2.75) is 6.61 Å². The number of alkyl halides is 2. The molecule has 2 aromatic rings. The third kappa shape index (κ3) is 4.50. The minimum atomic E-state index is -3.05. The number of nitrogens with zero attached hydrogens (tertiary/aromatic N) is 1. The minimum Gasteiger partial charge on any atom is -0.546 e. The van der Waals surface area contributed by atoms with Crippen LogP contribution in [0.15, 0.2) is 59.2 Å². The van der Waals surface area contributed by atoms with E-state index in [4.69, 9.17) is 9.47 Å². The van der Waals surface area contributed by atoms with Crippen LogP contribution in [0.2, 0.25) is 0 Å². The summed E-state index contributed by atoms with van der Waals surface area (Å²) in [4.78, 5) is 26.7. The zero-order valence-electron chi connectivity index (χ0n) is 14.1. The molecule has 0 bridgehead atoms. The number of ether oxygens (including phenoxy) is 3. The molecule has 1 heterocycles. The van der Waals surface area contributed by atoms with Gasteiger partial charge in [-0.1, -0.05) is 30.3 Å². The number of halogens is 2. The summed E-state index contributed by atoms with van der Waals surface area (Å²) in [5.74, 6) is -2.41. The summed E-state index contributed by atoms with van der Waals surface area (Å²) in [5, 5.41) is 10.6. The summed E-state index contributed by atoms with van der Waals surface area (Å²) in [6.45, 7) is -3.72. The van der Waals surface area contributed by atoms with E-state index in [9.17, 15) is 23.5 Å². The van der Waals surface area contributed by atoms with Gasteiger partial charge in [0.05, 0.1) is 11.5 Å². The van der Waals surface area contributed by atoms with Crippen molar-refractivity contribution >= 4 is 23.9 Å². The van der Waals surface area contributed by atoms with Gasteiger partial charge in [-0.05, 0) is 24.3 Å². The van der Waals surface area contributed by atoms with Gasteiger partial charge in [-0.25, -0.2) is 9.79 Å². The minimum absolute atomic E-state index is 0.0843. The second-order valence-corrected chi connectivity index (χ2v) is 5.41. The third-order valence-corrected chi connectivity index (χ3v) is 3.51. The molecule has 0 aliphatic carbocycles.